The predicted octanol–water partition coefficient (Wildman–Crippen LogP) is 4.76. The number of hydrogen-bond acceptors (Lipinski definition) is 8. The number of ether oxygens (including phenoxy) is 2. The highest BCUT2D eigenvalue weighted by Gasteiger charge is 2.34. The van der Waals surface area contributed by atoms with Crippen LogP contribution in [-0.4, -0.2) is 39.1 Å². The van der Waals surface area contributed by atoms with E-state index < -0.39 is 21.9 Å². The van der Waals surface area contributed by atoms with Crippen molar-refractivity contribution in [1.82, 2.24) is 5.32 Å². The summed E-state index contributed by atoms with van der Waals surface area (Å²) in [6.07, 6.45) is 1.36. The minimum Gasteiger partial charge on any atom is -0.497 e. The molecular weight excluding hydrogens is 608 g/mol. The molecule has 4 rings (SSSR count). The van der Waals surface area contributed by atoms with Crippen LogP contribution in [0.25, 0.3) is 6.08 Å². The van der Waals surface area contributed by atoms with Crippen molar-refractivity contribution in [2.45, 2.75) is 18.7 Å². The molecule has 1 fully saturated rings. The Balaban J connectivity index is 1.70. The molecule has 3 aromatic carbocycles. The lowest BCUT2D eigenvalue weighted by Crippen LogP contribution is -2.54. The molecule has 1 saturated heterocycles. The smallest absolute Gasteiger partial charge is 0.339 e. The van der Waals surface area contributed by atoms with Gasteiger partial charge < -0.3 is 13.7 Å². The van der Waals surface area contributed by atoms with E-state index in [0.29, 0.717) is 17.0 Å². The van der Waals surface area contributed by atoms with Gasteiger partial charge in [0.25, 0.3) is 11.8 Å². The second-order valence-corrected chi connectivity index (χ2v) is 11.1. The van der Waals surface area contributed by atoms with Crippen LogP contribution in [0.15, 0.2) is 75.6 Å². The molecule has 0 atom stereocenters. The second-order valence-electron chi connectivity index (χ2n) is 8.27. The van der Waals surface area contributed by atoms with Crippen molar-refractivity contribution in [1.29, 1.82) is 0 Å². The number of benzene rings is 3. The molecule has 1 aliphatic heterocycles. The second kappa shape index (κ2) is 11.6. The average molecular weight is 632 g/mol. The number of methoxy groups -OCH3 is 1. The number of carbonyl (C=O) groups is 2. The number of amides is 2. The maximum Gasteiger partial charge on any atom is 0.339 e. The molecule has 12 heteroatoms. The molecule has 0 radical (unpaired) electrons. The molecular formula is C27H23BrN2O7S2. The van der Waals surface area contributed by atoms with E-state index in [-0.39, 0.29) is 38.2 Å². The van der Waals surface area contributed by atoms with E-state index in [1.54, 1.807) is 43.3 Å². The molecule has 1 aliphatic rings. The van der Waals surface area contributed by atoms with Gasteiger partial charge in [-0.2, -0.15) is 8.42 Å². The number of carbonyl (C=O) groups excluding carboxylic acids is 2. The van der Waals surface area contributed by atoms with Gasteiger partial charge in [-0.15, -0.1) is 0 Å². The number of rotatable bonds is 8. The molecule has 0 bridgehead atoms. The summed E-state index contributed by atoms with van der Waals surface area (Å²) < 4.78 is 42.3. The lowest BCUT2D eigenvalue weighted by molar-refractivity contribution is -0.122. The third-order valence-electron chi connectivity index (χ3n) is 5.58. The van der Waals surface area contributed by atoms with Gasteiger partial charge in [0.15, 0.2) is 16.6 Å². The van der Waals surface area contributed by atoms with Crippen molar-refractivity contribution in [2.75, 3.05) is 18.6 Å². The highest BCUT2D eigenvalue weighted by Crippen LogP contribution is 2.39. The van der Waals surface area contributed by atoms with E-state index in [1.165, 1.54) is 42.4 Å². The maximum atomic E-state index is 13.4. The molecule has 9 nitrogen and oxygen atoms in total. The van der Waals surface area contributed by atoms with Gasteiger partial charge in [-0.3, -0.25) is 19.8 Å². The SMILES string of the molecule is CCOc1cc(/C=C2/C(=O)NC(=S)N(c3ccc(OC)cc3)C2=O)cc(Br)c1OS(=O)(=O)c1ccc(C)cc1. The van der Waals surface area contributed by atoms with Crippen molar-refractivity contribution >= 4 is 67.0 Å². The number of nitrogens with zero attached hydrogens (tertiary/aromatic N) is 1. The molecule has 3 aromatic rings. The van der Waals surface area contributed by atoms with Crippen LogP contribution in [0.1, 0.15) is 18.1 Å². The maximum absolute atomic E-state index is 13.4. The van der Waals surface area contributed by atoms with Gasteiger partial charge in [-0.25, -0.2) is 0 Å². The van der Waals surface area contributed by atoms with E-state index in [0.717, 1.165) is 5.56 Å². The van der Waals surface area contributed by atoms with Crippen molar-refractivity contribution in [3.05, 3.63) is 81.8 Å². The Morgan fingerprint density at radius 1 is 1.05 bits per heavy atom. The zero-order chi connectivity index (χ0) is 28.3. The summed E-state index contributed by atoms with van der Waals surface area (Å²) in [7, 11) is -2.65. The first kappa shape index (κ1) is 28.3. The van der Waals surface area contributed by atoms with Gasteiger partial charge in [0.2, 0.25) is 0 Å². The third kappa shape index (κ3) is 6.13. The summed E-state index contributed by atoms with van der Waals surface area (Å²) in [4.78, 5) is 27.3. The summed E-state index contributed by atoms with van der Waals surface area (Å²) in [5.74, 6) is -0.689. The Morgan fingerprint density at radius 2 is 1.72 bits per heavy atom. The van der Waals surface area contributed by atoms with E-state index in [9.17, 15) is 18.0 Å². The first-order valence-corrected chi connectivity index (χ1v) is 14.2. The highest BCUT2D eigenvalue weighted by molar-refractivity contribution is 9.10. The topological polar surface area (TPSA) is 111 Å². The van der Waals surface area contributed by atoms with E-state index >= 15 is 0 Å². The molecule has 0 spiro atoms. The number of halogens is 1. The summed E-state index contributed by atoms with van der Waals surface area (Å²) >= 11 is 8.59. The fourth-order valence-electron chi connectivity index (χ4n) is 3.67. The fraction of sp³-hybridized carbons (Fsp3) is 0.148. The van der Waals surface area contributed by atoms with E-state index in [1.807, 2.05) is 6.92 Å². The van der Waals surface area contributed by atoms with Crippen LogP contribution in [0.3, 0.4) is 0 Å². The fourth-order valence-corrected chi connectivity index (χ4v) is 5.55. The van der Waals surface area contributed by atoms with Crippen LogP contribution < -0.4 is 23.9 Å². The van der Waals surface area contributed by atoms with Crippen LogP contribution in [0.5, 0.6) is 17.2 Å². The first-order chi connectivity index (χ1) is 18.5. The molecule has 0 aliphatic carbocycles. The Morgan fingerprint density at radius 3 is 2.33 bits per heavy atom. The summed E-state index contributed by atoms with van der Waals surface area (Å²) in [5, 5.41) is 2.47. The largest absolute Gasteiger partial charge is 0.497 e. The Bertz CT molecular complexity index is 1590. The van der Waals surface area contributed by atoms with E-state index in [4.69, 9.17) is 25.9 Å². The Kier molecular flexibility index (Phi) is 8.38. The highest BCUT2D eigenvalue weighted by atomic mass is 79.9. The number of thiocarbonyl (C=S) groups is 1. The minimum atomic E-state index is -4.17. The third-order valence-corrected chi connectivity index (χ3v) is 7.69. The normalized spacial score (nSPS) is 14.8. The van der Waals surface area contributed by atoms with Crippen LogP contribution in [0.2, 0.25) is 0 Å². The molecule has 0 unspecified atom stereocenters. The lowest BCUT2D eigenvalue weighted by Gasteiger charge is -2.29. The zero-order valence-corrected chi connectivity index (χ0v) is 24.3. The summed E-state index contributed by atoms with van der Waals surface area (Å²) in [5.41, 5.74) is 1.54. The van der Waals surface area contributed by atoms with Gasteiger partial charge in [-0.05, 0) is 102 Å². The monoisotopic (exact) mass is 630 g/mol. The molecule has 0 saturated carbocycles. The first-order valence-electron chi connectivity index (χ1n) is 11.6. The number of aryl methyl sites for hydroxylation is 1. The molecule has 2 amide bonds. The predicted molar refractivity (Wildman–Crippen MR) is 154 cm³/mol. The summed E-state index contributed by atoms with van der Waals surface area (Å²) in [6.45, 7) is 3.77. The van der Waals surface area contributed by atoms with Crippen molar-refractivity contribution in [3.8, 4) is 17.2 Å². The van der Waals surface area contributed by atoms with Crippen LogP contribution in [-0.2, 0) is 19.7 Å². The molecule has 1 heterocycles. The molecule has 1 N–H and O–H groups in total. The van der Waals surface area contributed by atoms with Gasteiger partial charge in [-0.1, -0.05) is 17.7 Å². The van der Waals surface area contributed by atoms with Crippen molar-refractivity contribution < 1.29 is 31.7 Å². The average Bonchev–Trinajstić information content (AvgIpc) is 2.89. The van der Waals surface area contributed by atoms with Gasteiger partial charge in [0, 0.05) is 0 Å². The van der Waals surface area contributed by atoms with Crippen LogP contribution >= 0.6 is 28.1 Å². The van der Waals surface area contributed by atoms with Gasteiger partial charge in [0.1, 0.15) is 16.2 Å². The lowest BCUT2D eigenvalue weighted by atomic mass is 10.1. The standard InChI is InChI=1S/C27H23BrN2O7S2/c1-4-36-23-15-17(14-22(28)24(23)37-39(33,34)20-11-5-16(2)6-12-20)13-21-25(31)29-27(38)30(26(21)32)18-7-9-19(35-3)10-8-18/h5-15H,4H2,1-3H3,(H,29,31,38)/b21-13-. The van der Waals surface area contributed by atoms with Gasteiger partial charge >= 0.3 is 10.1 Å². The van der Waals surface area contributed by atoms with E-state index in [2.05, 4.69) is 21.2 Å². The Hall–Kier alpha value is -3.74. The minimum absolute atomic E-state index is 0.0206. The zero-order valence-electron chi connectivity index (χ0n) is 21.1. The van der Waals surface area contributed by atoms with Crippen LogP contribution in [0.4, 0.5) is 5.69 Å². The van der Waals surface area contributed by atoms with Crippen molar-refractivity contribution in [3.63, 3.8) is 0 Å². The Labute approximate surface area is 239 Å². The van der Waals surface area contributed by atoms with Gasteiger partial charge in [0.05, 0.1) is 23.9 Å². The summed E-state index contributed by atoms with van der Waals surface area (Å²) in [6, 6.07) is 15.8. The number of hydrogen-bond donors (Lipinski definition) is 1. The van der Waals surface area contributed by atoms with Crippen molar-refractivity contribution in [2.24, 2.45) is 0 Å². The number of anilines is 1. The molecule has 202 valence electrons. The quantitative estimate of drug-likeness (QED) is 0.164. The molecule has 0 aromatic heterocycles. The number of nitrogens with one attached hydrogen (secondary N) is 1. The molecule has 39 heavy (non-hydrogen) atoms. The van der Waals surface area contributed by atoms with Crippen LogP contribution in [0, 0.1) is 6.92 Å².